The lowest BCUT2D eigenvalue weighted by atomic mass is 9.92. The Hall–Kier alpha value is -2.41. The third kappa shape index (κ3) is 4.29. The van der Waals surface area contributed by atoms with E-state index in [4.69, 9.17) is 9.47 Å². The molecule has 29 heavy (non-hydrogen) atoms. The van der Waals surface area contributed by atoms with E-state index in [-0.39, 0.29) is 17.9 Å². The van der Waals surface area contributed by atoms with Crippen molar-refractivity contribution in [3.05, 3.63) is 24.5 Å². The van der Waals surface area contributed by atoms with E-state index in [0.29, 0.717) is 6.04 Å². The molecule has 0 atom stereocenters. The van der Waals surface area contributed by atoms with E-state index in [2.05, 4.69) is 32.3 Å². The molecule has 0 radical (unpaired) electrons. The Bertz CT molecular complexity index is 871. The number of ether oxygens (including phenoxy) is 2. The number of hydrogen-bond acceptors (Lipinski definition) is 6. The van der Waals surface area contributed by atoms with Gasteiger partial charge in [0.15, 0.2) is 0 Å². The number of morpholine rings is 1. The van der Waals surface area contributed by atoms with E-state index >= 15 is 0 Å². The molecular formula is C22H28N4O3. The predicted molar refractivity (Wildman–Crippen MR) is 110 cm³/mol. The van der Waals surface area contributed by atoms with Gasteiger partial charge in [-0.1, -0.05) is 0 Å². The lowest BCUT2D eigenvalue weighted by Crippen LogP contribution is -2.40. The van der Waals surface area contributed by atoms with Crippen molar-refractivity contribution >= 4 is 22.6 Å². The molecule has 1 saturated heterocycles. The molecule has 2 heterocycles. The van der Waals surface area contributed by atoms with Crippen LogP contribution in [0.25, 0.3) is 11.0 Å². The zero-order chi connectivity index (χ0) is 19.6. The number of carbonyl (C=O) groups excluding carboxylic acids is 1. The fraction of sp³-hybridized carbons (Fsp3) is 0.591. The first-order valence-corrected chi connectivity index (χ1v) is 10.8. The summed E-state index contributed by atoms with van der Waals surface area (Å²) in [6.45, 7) is 3.23. The van der Waals surface area contributed by atoms with Gasteiger partial charge in [-0.25, -0.2) is 4.98 Å². The molecule has 2 aliphatic carbocycles. The number of aromatic nitrogens is 2. The van der Waals surface area contributed by atoms with Crippen molar-refractivity contribution in [3.63, 3.8) is 0 Å². The summed E-state index contributed by atoms with van der Waals surface area (Å²) < 4.78 is 11.9. The molecule has 1 aliphatic heterocycles. The summed E-state index contributed by atoms with van der Waals surface area (Å²) in [5, 5.41) is 3.21. The van der Waals surface area contributed by atoms with E-state index in [0.717, 1.165) is 87.3 Å². The highest BCUT2D eigenvalue weighted by molar-refractivity contribution is 5.85. The molecule has 0 unspecified atom stereocenters. The molecule has 1 N–H and O–H groups in total. The monoisotopic (exact) mass is 396 g/mol. The minimum Gasteiger partial charge on any atom is -0.488 e. The molecule has 1 aromatic heterocycles. The fourth-order valence-corrected chi connectivity index (χ4v) is 4.29. The maximum Gasteiger partial charge on any atom is 0.223 e. The van der Waals surface area contributed by atoms with Gasteiger partial charge in [-0.15, -0.1) is 0 Å². The van der Waals surface area contributed by atoms with Gasteiger partial charge < -0.3 is 19.7 Å². The Morgan fingerprint density at radius 2 is 1.79 bits per heavy atom. The first-order valence-electron chi connectivity index (χ1n) is 10.8. The second kappa shape index (κ2) is 8.14. The van der Waals surface area contributed by atoms with Gasteiger partial charge in [0, 0.05) is 49.2 Å². The quantitative estimate of drug-likeness (QED) is 0.837. The van der Waals surface area contributed by atoms with Crippen LogP contribution in [0.3, 0.4) is 0 Å². The summed E-state index contributed by atoms with van der Waals surface area (Å²) in [5.74, 6) is 1.33. The minimum absolute atomic E-state index is 0.147. The van der Waals surface area contributed by atoms with Crippen molar-refractivity contribution in [2.24, 2.45) is 5.92 Å². The molecule has 1 amide bonds. The number of amides is 1. The molecule has 3 aliphatic rings. The zero-order valence-electron chi connectivity index (χ0n) is 16.7. The predicted octanol–water partition coefficient (Wildman–Crippen LogP) is 2.68. The van der Waals surface area contributed by atoms with Gasteiger partial charge >= 0.3 is 0 Å². The van der Waals surface area contributed by atoms with E-state index in [1.807, 2.05) is 0 Å². The molecule has 154 valence electrons. The van der Waals surface area contributed by atoms with Crippen molar-refractivity contribution in [1.82, 2.24) is 15.3 Å². The molecule has 3 fully saturated rings. The van der Waals surface area contributed by atoms with Crippen molar-refractivity contribution in [2.45, 2.75) is 50.7 Å². The summed E-state index contributed by atoms with van der Waals surface area (Å²) in [6, 6.07) is 4.48. The van der Waals surface area contributed by atoms with Crippen LogP contribution in [0, 0.1) is 5.92 Å². The van der Waals surface area contributed by atoms with Gasteiger partial charge in [0.05, 0.1) is 24.8 Å². The standard InChI is InChI=1S/C22H28N4O3/c27-22(15-1-2-15)25-16-3-5-18(6-4-16)29-20-14-17(26-9-11-28-12-10-26)13-19-21(20)24-8-7-23-19/h7-8,13-16,18H,1-6,9-12H2,(H,25,27)/t16-,18+. The second-order valence-electron chi connectivity index (χ2n) is 8.34. The van der Waals surface area contributed by atoms with Crippen molar-refractivity contribution in [3.8, 4) is 5.75 Å². The largest absolute Gasteiger partial charge is 0.488 e. The molecule has 0 spiro atoms. The maximum atomic E-state index is 12.0. The number of anilines is 1. The molecule has 0 bridgehead atoms. The van der Waals surface area contributed by atoms with Gasteiger partial charge in [-0.3, -0.25) is 9.78 Å². The van der Waals surface area contributed by atoms with Crippen LogP contribution in [0.15, 0.2) is 24.5 Å². The number of rotatable bonds is 5. The Balaban J connectivity index is 1.28. The van der Waals surface area contributed by atoms with Gasteiger partial charge in [0.25, 0.3) is 0 Å². The van der Waals surface area contributed by atoms with Crippen LogP contribution >= 0.6 is 0 Å². The number of hydrogen-bond donors (Lipinski definition) is 1. The lowest BCUT2D eigenvalue weighted by Gasteiger charge is -2.31. The van der Waals surface area contributed by atoms with Gasteiger partial charge in [-0.05, 0) is 44.6 Å². The van der Waals surface area contributed by atoms with Crippen LogP contribution in [-0.4, -0.2) is 54.3 Å². The molecule has 5 rings (SSSR count). The van der Waals surface area contributed by atoms with Crippen LogP contribution in [0.1, 0.15) is 38.5 Å². The van der Waals surface area contributed by atoms with Gasteiger partial charge in [0.2, 0.25) is 5.91 Å². The minimum atomic E-state index is 0.147. The SMILES string of the molecule is O=C(N[C@H]1CC[C@@H](Oc2cc(N3CCOCC3)cc3nccnc23)CC1)C1CC1. The van der Waals surface area contributed by atoms with Crippen LogP contribution < -0.4 is 15.0 Å². The van der Waals surface area contributed by atoms with Crippen molar-refractivity contribution in [2.75, 3.05) is 31.2 Å². The Labute approximate surface area is 170 Å². The molecule has 2 aromatic rings. The first-order chi connectivity index (χ1) is 14.3. The summed E-state index contributed by atoms with van der Waals surface area (Å²) >= 11 is 0. The lowest BCUT2D eigenvalue weighted by molar-refractivity contribution is -0.123. The highest BCUT2D eigenvalue weighted by Crippen LogP contribution is 2.33. The van der Waals surface area contributed by atoms with Crippen molar-refractivity contribution in [1.29, 1.82) is 0 Å². The molecular weight excluding hydrogens is 368 g/mol. The van der Waals surface area contributed by atoms with Crippen molar-refractivity contribution < 1.29 is 14.3 Å². The van der Waals surface area contributed by atoms with Crippen LogP contribution in [0.5, 0.6) is 5.75 Å². The zero-order valence-corrected chi connectivity index (χ0v) is 16.7. The highest BCUT2D eigenvalue weighted by atomic mass is 16.5. The molecule has 2 saturated carbocycles. The van der Waals surface area contributed by atoms with E-state index in [1.54, 1.807) is 12.4 Å². The maximum absolute atomic E-state index is 12.0. The summed E-state index contributed by atoms with van der Waals surface area (Å²) in [4.78, 5) is 23.4. The third-order valence-electron chi connectivity index (χ3n) is 6.16. The van der Waals surface area contributed by atoms with E-state index in [9.17, 15) is 4.79 Å². The number of nitrogens with zero attached hydrogens (tertiary/aromatic N) is 3. The number of fused-ring (bicyclic) bond motifs is 1. The van der Waals surface area contributed by atoms with Crippen LogP contribution in [-0.2, 0) is 9.53 Å². The summed E-state index contributed by atoms with van der Waals surface area (Å²) in [5.41, 5.74) is 2.78. The first kappa shape index (κ1) is 18.6. The highest BCUT2D eigenvalue weighted by Gasteiger charge is 2.32. The third-order valence-corrected chi connectivity index (χ3v) is 6.16. The van der Waals surface area contributed by atoms with Crippen LogP contribution in [0.4, 0.5) is 5.69 Å². The van der Waals surface area contributed by atoms with Crippen LogP contribution in [0.2, 0.25) is 0 Å². The second-order valence-corrected chi connectivity index (χ2v) is 8.34. The average molecular weight is 396 g/mol. The smallest absolute Gasteiger partial charge is 0.223 e. The Morgan fingerprint density at radius 1 is 1.03 bits per heavy atom. The van der Waals surface area contributed by atoms with Gasteiger partial charge in [0.1, 0.15) is 11.3 Å². The molecule has 1 aromatic carbocycles. The number of benzene rings is 1. The summed E-state index contributed by atoms with van der Waals surface area (Å²) in [6.07, 6.45) is 9.52. The molecule has 7 heteroatoms. The number of carbonyl (C=O) groups is 1. The number of nitrogens with one attached hydrogen (secondary N) is 1. The Morgan fingerprint density at radius 3 is 2.55 bits per heavy atom. The Kier molecular flexibility index (Phi) is 5.23. The average Bonchev–Trinajstić information content (AvgIpc) is 3.61. The van der Waals surface area contributed by atoms with E-state index in [1.165, 1.54) is 0 Å². The fourth-order valence-electron chi connectivity index (χ4n) is 4.29. The molecule has 7 nitrogen and oxygen atoms in total. The van der Waals surface area contributed by atoms with E-state index < -0.39 is 0 Å². The van der Waals surface area contributed by atoms with Gasteiger partial charge in [-0.2, -0.15) is 0 Å². The normalized spacial score (nSPS) is 25.0. The topological polar surface area (TPSA) is 76.6 Å². The summed E-state index contributed by atoms with van der Waals surface area (Å²) in [7, 11) is 0.